The van der Waals surface area contributed by atoms with Crippen molar-refractivity contribution in [1.29, 1.82) is 0 Å². The van der Waals surface area contributed by atoms with Crippen molar-refractivity contribution >= 4 is 5.91 Å². The number of rotatable bonds is 0. The Morgan fingerprint density at radius 3 is 2.76 bits per heavy atom. The quantitative estimate of drug-likeness (QED) is 0.736. The molecule has 3 nitrogen and oxygen atoms in total. The molecule has 90 valence electrons. The Bertz CT molecular complexity index is 504. The van der Waals surface area contributed by atoms with Gasteiger partial charge in [0.05, 0.1) is 6.04 Å². The van der Waals surface area contributed by atoms with Crippen LogP contribution >= 0.6 is 0 Å². The van der Waals surface area contributed by atoms with Crippen LogP contribution in [0.1, 0.15) is 23.6 Å². The van der Waals surface area contributed by atoms with Gasteiger partial charge in [0, 0.05) is 24.6 Å². The lowest BCUT2D eigenvalue weighted by atomic mass is 9.90. The molecule has 17 heavy (non-hydrogen) atoms. The number of fused-ring (bicyclic) bond motifs is 3. The molecule has 1 amide bonds. The number of benzene rings is 1. The molecule has 2 aliphatic heterocycles. The second kappa shape index (κ2) is 3.50. The smallest absolute Gasteiger partial charge is 0.224 e. The van der Waals surface area contributed by atoms with E-state index in [-0.39, 0.29) is 17.9 Å². The first-order valence-electron chi connectivity index (χ1n) is 5.61. The fourth-order valence-electron chi connectivity index (χ4n) is 2.87. The average molecular weight is 238 g/mol. The molecule has 2 heterocycles. The number of nitrogens with two attached hydrogens (primary N) is 1. The topological polar surface area (TPSA) is 46.3 Å². The molecule has 5 heteroatoms. The molecular formula is C12H12F2N2O. The number of carbonyl (C=O) groups is 1. The van der Waals surface area contributed by atoms with Gasteiger partial charge in [-0.3, -0.25) is 4.79 Å². The summed E-state index contributed by atoms with van der Waals surface area (Å²) in [5.74, 6) is -0.953. The van der Waals surface area contributed by atoms with E-state index >= 15 is 0 Å². The van der Waals surface area contributed by atoms with Gasteiger partial charge in [-0.25, -0.2) is 8.78 Å². The third-order valence-electron chi connectivity index (χ3n) is 3.62. The van der Waals surface area contributed by atoms with Crippen LogP contribution < -0.4 is 5.73 Å². The Labute approximate surface area is 97.2 Å². The van der Waals surface area contributed by atoms with Gasteiger partial charge in [0.15, 0.2) is 0 Å². The van der Waals surface area contributed by atoms with Crippen molar-refractivity contribution < 1.29 is 13.6 Å². The van der Waals surface area contributed by atoms with Gasteiger partial charge in [0.2, 0.25) is 5.91 Å². The summed E-state index contributed by atoms with van der Waals surface area (Å²) in [5.41, 5.74) is 6.51. The molecule has 2 unspecified atom stereocenters. The van der Waals surface area contributed by atoms with Crippen LogP contribution in [-0.2, 0) is 11.2 Å². The highest BCUT2D eigenvalue weighted by molar-refractivity contribution is 5.81. The second-order valence-electron chi connectivity index (χ2n) is 4.57. The molecule has 0 bridgehead atoms. The van der Waals surface area contributed by atoms with E-state index in [1.165, 1.54) is 0 Å². The van der Waals surface area contributed by atoms with Gasteiger partial charge in [-0.2, -0.15) is 0 Å². The molecule has 2 aliphatic rings. The highest BCUT2D eigenvalue weighted by atomic mass is 19.1. The average Bonchev–Trinajstić information content (AvgIpc) is 2.60. The lowest BCUT2D eigenvalue weighted by Crippen LogP contribution is -2.39. The first kappa shape index (κ1) is 10.7. The fraction of sp³-hybridized carbons (Fsp3) is 0.417. The number of nitrogens with zero attached hydrogens (tertiary/aromatic N) is 1. The molecule has 1 aromatic rings. The summed E-state index contributed by atoms with van der Waals surface area (Å²) >= 11 is 0. The van der Waals surface area contributed by atoms with Crippen molar-refractivity contribution in [1.82, 2.24) is 4.90 Å². The van der Waals surface area contributed by atoms with Gasteiger partial charge in [0.25, 0.3) is 0 Å². The summed E-state index contributed by atoms with van der Waals surface area (Å²) in [7, 11) is 0. The number of hydrogen-bond donors (Lipinski definition) is 1. The summed E-state index contributed by atoms with van der Waals surface area (Å²) in [6, 6.07) is 1.29. The highest BCUT2D eigenvalue weighted by Crippen LogP contribution is 2.39. The van der Waals surface area contributed by atoms with Crippen LogP contribution in [0, 0.1) is 11.6 Å². The first-order chi connectivity index (χ1) is 8.09. The van der Waals surface area contributed by atoms with E-state index in [9.17, 15) is 13.6 Å². The number of amides is 1. The Morgan fingerprint density at radius 2 is 2.00 bits per heavy atom. The third-order valence-corrected chi connectivity index (χ3v) is 3.62. The molecule has 2 atom stereocenters. The normalized spacial score (nSPS) is 27.0. The van der Waals surface area contributed by atoms with Gasteiger partial charge in [0.1, 0.15) is 11.6 Å². The van der Waals surface area contributed by atoms with Crippen LogP contribution in [0.2, 0.25) is 0 Å². The number of carbonyl (C=O) groups excluding carboxylic acids is 1. The second-order valence-corrected chi connectivity index (χ2v) is 4.57. The summed E-state index contributed by atoms with van der Waals surface area (Å²) in [4.78, 5) is 13.2. The monoisotopic (exact) mass is 238 g/mol. The van der Waals surface area contributed by atoms with Gasteiger partial charge < -0.3 is 10.6 Å². The van der Waals surface area contributed by atoms with Crippen molar-refractivity contribution in [3.63, 3.8) is 0 Å². The lowest BCUT2D eigenvalue weighted by Gasteiger charge is -2.34. The maximum absolute atomic E-state index is 13.8. The van der Waals surface area contributed by atoms with E-state index in [2.05, 4.69) is 0 Å². The zero-order chi connectivity index (χ0) is 12.2. The van der Waals surface area contributed by atoms with Crippen LogP contribution in [0.4, 0.5) is 8.78 Å². The summed E-state index contributed by atoms with van der Waals surface area (Å²) in [6.07, 6.45) is 0.563. The van der Waals surface area contributed by atoms with E-state index in [4.69, 9.17) is 5.73 Å². The van der Waals surface area contributed by atoms with E-state index < -0.39 is 23.7 Å². The van der Waals surface area contributed by atoms with Crippen molar-refractivity contribution in [3.8, 4) is 0 Å². The van der Waals surface area contributed by atoms with Crippen molar-refractivity contribution in [2.75, 3.05) is 6.54 Å². The minimum Gasteiger partial charge on any atom is -0.334 e. The standard InChI is InChI=1S/C12H12F2N2O/c13-7-1-2-8(14)11-6(7)3-4-16-10(17)5-9(15)12(11)16/h1-2,9,12H,3-5,15H2. The third kappa shape index (κ3) is 1.38. The largest absolute Gasteiger partial charge is 0.334 e. The molecule has 2 N–H and O–H groups in total. The highest BCUT2D eigenvalue weighted by Gasteiger charge is 2.43. The van der Waals surface area contributed by atoms with Crippen molar-refractivity contribution in [2.45, 2.75) is 24.9 Å². The Morgan fingerprint density at radius 1 is 1.29 bits per heavy atom. The van der Waals surface area contributed by atoms with Crippen molar-refractivity contribution in [3.05, 3.63) is 34.9 Å². The van der Waals surface area contributed by atoms with Gasteiger partial charge in [-0.15, -0.1) is 0 Å². The zero-order valence-electron chi connectivity index (χ0n) is 9.12. The van der Waals surface area contributed by atoms with E-state index in [0.717, 1.165) is 12.1 Å². The van der Waals surface area contributed by atoms with Crippen molar-refractivity contribution in [2.24, 2.45) is 5.73 Å². The fourth-order valence-corrected chi connectivity index (χ4v) is 2.87. The molecule has 0 saturated carbocycles. The molecular weight excluding hydrogens is 226 g/mol. The van der Waals surface area contributed by atoms with Gasteiger partial charge in [-0.05, 0) is 24.1 Å². The molecule has 0 spiro atoms. The number of hydrogen-bond acceptors (Lipinski definition) is 2. The Hall–Kier alpha value is -1.49. The molecule has 1 aromatic carbocycles. The van der Waals surface area contributed by atoms with Gasteiger partial charge >= 0.3 is 0 Å². The minimum absolute atomic E-state index is 0.0724. The predicted octanol–water partition coefficient (Wildman–Crippen LogP) is 1.12. The summed E-state index contributed by atoms with van der Waals surface area (Å²) in [6.45, 7) is 0.421. The SMILES string of the molecule is NC1CC(=O)N2CCc3c(F)ccc(F)c3C12. The molecule has 1 saturated heterocycles. The maximum atomic E-state index is 13.8. The molecule has 0 aromatic heterocycles. The number of halogens is 2. The Balaban J connectivity index is 2.18. The van der Waals surface area contributed by atoms with Gasteiger partial charge in [-0.1, -0.05) is 0 Å². The molecule has 0 aliphatic carbocycles. The minimum atomic E-state index is -0.498. The zero-order valence-corrected chi connectivity index (χ0v) is 9.12. The van der Waals surface area contributed by atoms with E-state index in [1.807, 2.05) is 0 Å². The summed E-state index contributed by atoms with van der Waals surface area (Å²) in [5, 5.41) is 0. The van der Waals surface area contributed by atoms with E-state index in [1.54, 1.807) is 4.90 Å². The molecule has 1 fully saturated rings. The summed E-state index contributed by atoms with van der Waals surface area (Å²) < 4.78 is 27.5. The maximum Gasteiger partial charge on any atom is 0.224 e. The Kier molecular flexibility index (Phi) is 2.19. The lowest BCUT2D eigenvalue weighted by molar-refractivity contribution is -0.129. The van der Waals surface area contributed by atoms with Crippen LogP contribution in [0.15, 0.2) is 12.1 Å². The van der Waals surface area contributed by atoms with E-state index in [0.29, 0.717) is 18.5 Å². The van der Waals surface area contributed by atoms with Crippen LogP contribution in [-0.4, -0.2) is 23.4 Å². The molecule has 0 radical (unpaired) electrons. The van der Waals surface area contributed by atoms with Crippen LogP contribution in [0.25, 0.3) is 0 Å². The first-order valence-corrected chi connectivity index (χ1v) is 5.61. The van der Waals surface area contributed by atoms with Crippen LogP contribution in [0.5, 0.6) is 0 Å². The molecule has 3 rings (SSSR count). The van der Waals surface area contributed by atoms with Crippen LogP contribution in [0.3, 0.4) is 0 Å². The predicted molar refractivity (Wildman–Crippen MR) is 57.1 cm³/mol.